The van der Waals surface area contributed by atoms with E-state index < -0.39 is 0 Å². The third kappa shape index (κ3) is 5.30. The lowest BCUT2D eigenvalue weighted by molar-refractivity contribution is -0.125. The Labute approximate surface area is 161 Å². The van der Waals surface area contributed by atoms with Crippen LogP contribution in [-0.2, 0) is 4.79 Å². The molecule has 25 heavy (non-hydrogen) atoms. The van der Waals surface area contributed by atoms with Crippen LogP contribution in [0.3, 0.4) is 0 Å². The maximum Gasteiger partial charge on any atom is 0.224 e. The van der Waals surface area contributed by atoms with E-state index in [1.165, 1.54) is 0 Å². The molecule has 0 aliphatic carbocycles. The number of hydrogen-bond acceptors (Lipinski definition) is 5. The van der Waals surface area contributed by atoms with E-state index in [4.69, 9.17) is 9.47 Å². The monoisotopic (exact) mass is 391 g/mol. The van der Waals surface area contributed by atoms with E-state index >= 15 is 0 Å². The van der Waals surface area contributed by atoms with Crippen molar-refractivity contribution in [2.45, 2.75) is 18.9 Å². The predicted molar refractivity (Wildman–Crippen MR) is 104 cm³/mol. The van der Waals surface area contributed by atoms with Gasteiger partial charge in [-0.3, -0.25) is 4.79 Å². The molecule has 2 N–H and O–H groups in total. The number of anilines is 1. The molecule has 2 heterocycles. The molecule has 0 aromatic heterocycles. The minimum Gasteiger partial charge on any atom is -0.497 e. The van der Waals surface area contributed by atoms with Crippen LogP contribution in [0.2, 0.25) is 0 Å². The highest BCUT2D eigenvalue weighted by atomic mass is 35.5. The minimum absolute atomic E-state index is 0. The molecule has 3 rings (SSSR count). The van der Waals surface area contributed by atoms with Gasteiger partial charge in [-0.05, 0) is 19.4 Å². The molecule has 0 radical (unpaired) electrons. The summed E-state index contributed by atoms with van der Waals surface area (Å²) in [6.45, 7) is 3.49. The van der Waals surface area contributed by atoms with Crippen LogP contribution in [0.4, 0.5) is 5.69 Å². The molecule has 2 unspecified atom stereocenters. The first-order valence-corrected chi connectivity index (χ1v) is 8.18. The van der Waals surface area contributed by atoms with Crippen LogP contribution in [0.15, 0.2) is 18.2 Å². The molecule has 0 spiro atoms. The SMILES string of the molecule is COc1cc(OC)cc(N2CCC(NC(=O)C3CCNC3)C2)c1.Cl.Cl. The Hall–Kier alpha value is -1.37. The molecule has 0 saturated carbocycles. The summed E-state index contributed by atoms with van der Waals surface area (Å²) < 4.78 is 10.7. The van der Waals surface area contributed by atoms with Gasteiger partial charge in [0.1, 0.15) is 11.5 Å². The maximum atomic E-state index is 12.2. The van der Waals surface area contributed by atoms with E-state index in [0.29, 0.717) is 0 Å². The third-order valence-corrected chi connectivity index (χ3v) is 4.67. The normalized spacial score (nSPS) is 21.9. The van der Waals surface area contributed by atoms with E-state index in [-0.39, 0.29) is 42.7 Å². The molecular weight excluding hydrogens is 365 g/mol. The second-order valence-electron chi connectivity index (χ2n) is 6.20. The topological polar surface area (TPSA) is 62.8 Å². The zero-order chi connectivity index (χ0) is 16.2. The summed E-state index contributed by atoms with van der Waals surface area (Å²) in [7, 11) is 3.31. The van der Waals surface area contributed by atoms with Crippen molar-refractivity contribution >= 4 is 36.4 Å². The summed E-state index contributed by atoms with van der Waals surface area (Å²) in [5.41, 5.74) is 1.07. The third-order valence-electron chi connectivity index (χ3n) is 4.67. The second kappa shape index (κ2) is 9.94. The number of amides is 1. The predicted octanol–water partition coefficient (Wildman–Crippen LogP) is 1.85. The Balaban J connectivity index is 0.00000156. The molecule has 2 aliphatic rings. The van der Waals surface area contributed by atoms with Gasteiger partial charge in [0.05, 0.1) is 20.1 Å². The van der Waals surface area contributed by atoms with E-state index in [2.05, 4.69) is 15.5 Å². The number of carbonyl (C=O) groups excluding carboxylic acids is 1. The molecule has 2 atom stereocenters. The summed E-state index contributed by atoms with van der Waals surface area (Å²) in [5, 5.41) is 6.43. The summed E-state index contributed by atoms with van der Waals surface area (Å²) in [5.74, 6) is 1.87. The van der Waals surface area contributed by atoms with Crippen LogP contribution >= 0.6 is 24.8 Å². The van der Waals surface area contributed by atoms with Crippen molar-refractivity contribution in [3.05, 3.63) is 18.2 Å². The van der Waals surface area contributed by atoms with Gasteiger partial charge >= 0.3 is 0 Å². The fourth-order valence-corrected chi connectivity index (χ4v) is 3.29. The van der Waals surface area contributed by atoms with Gasteiger partial charge in [0.25, 0.3) is 0 Å². The summed E-state index contributed by atoms with van der Waals surface area (Å²) in [6, 6.07) is 6.09. The molecule has 1 aromatic carbocycles. The highest BCUT2D eigenvalue weighted by Gasteiger charge is 2.28. The molecule has 8 heteroatoms. The van der Waals surface area contributed by atoms with Gasteiger partial charge in [0.2, 0.25) is 5.91 Å². The van der Waals surface area contributed by atoms with Gasteiger partial charge < -0.3 is 25.0 Å². The number of hydrogen-bond donors (Lipinski definition) is 2. The molecule has 2 aliphatic heterocycles. The van der Waals surface area contributed by atoms with Crippen LogP contribution in [0, 0.1) is 5.92 Å². The van der Waals surface area contributed by atoms with Crippen LogP contribution in [0.5, 0.6) is 11.5 Å². The van der Waals surface area contributed by atoms with Gasteiger partial charge in [0.15, 0.2) is 0 Å². The van der Waals surface area contributed by atoms with Gasteiger partial charge in [-0.2, -0.15) is 0 Å². The number of halogens is 2. The van der Waals surface area contributed by atoms with Gasteiger partial charge in [-0.1, -0.05) is 0 Å². The van der Waals surface area contributed by atoms with E-state index in [1.807, 2.05) is 18.2 Å². The summed E-state index contributed by atoms with van der Waals surface area (Å²) in [4.78, 5) is 14.5. The number of methoxy groups -OCH3 is 2. The second-order valence-corrected chi connectivity index (χ2v) is 6.20. The van der Waals surface area contributed by atoms with Crippen molar-refractivity contribution in [1.29, 1.82) is 0 Å². The molecule has 142 valence electrons. The molecule has 2 fully saturated rings. The lowest BCUT2D eigenvalue weighted by Crippen LogP contribution is -2.41. The number of benzene rings is 1. The van der Waals surface area contributed by atoms with Crippen molar-refractivity contribution in [1.82, 2.24) is 10.6 Å². The number of nitrogens with one attached hydrogen (secondary N) is 2. The van der Waals surface area contributed by atoms with Crippen molar-refractivity contribution in [2.24, 2.45) is 5.92 Å². The average molecular weight is 392 g/mol. The van der Waals surface area contributed by atoms with Crippen molar-refractivity contribution in [2.75, 3.05) is 45.3 Å². The number of rotatable bonds is 5. The molecular formula is C17H27Cl2N3O3. The maximum absolute atomic E-state index is 12.2. The van der Waals surface area contributed by atoms with E-state index in [1.54, 1.807) is 14.2 Å². The number of nitrogens with zero attached hydrogens (tertiary/aromatic N) is 1. The van der Waals surface area contributed by atoms with Crippen LogP contribution in [0.25, 0.3) is 0 Å². The smallest absolute Gasteiger partial charge is 0.224 e. The van der Waals surface area contributed by atoms with E-state index in [0.717, 1.165) is 56.2 Å². The van der Waals surface area contributed by atoms with Crippen molar-refractivity contribution < 1.29 is 14.3 Å². The number of ether oxygens (including phenoxy) is 2. The Morgan fingerprint density at radius 3 is 2.40 bits per heavy atom. The highest BCUT2D eigenvalue weighted by molar-refractivity contribution is 5.85. The fraction of sp³-hybridized carbons (Fsp3) is 0.588. The first-order valence-electron chi connectivity index (χ1n) is 8.18. The van der Waals surface area contributed by atoms with Gasteiger partial charge in [-0.25, -0.2) is 0 Å². The lowest BCUT2D eigenvalue weighted by Gasteiger charge is -2.21. The molecule has 1 aromatic rings. The van der Waals surface area contributed by atoms with Crippen molar-refractivity contribution in [3.63, 3.8) is 0 Å². The summed E-state index contributed by atoms with van der Waals surface area (Å²) >= 11 is 0. The summed E-state index contributed by atoms with van der Waals surface area (Å²) in [6.07, 6.45) is 1.90. The molecule has 1 amide bonds. The fourth-order valence-electron chi connectivity index (χ4n) is 3.29. The van der Waals surface area contributed by atoms with E-state index in [9.17, 15) is 4.79 Å². The number of carbonyl (C=O) groups is 1. The molecule has 0 bridgehead atoms. The molecule has 6 nitrogen and oxygen atoms in total. The Morgan fingerprint density at radius 2 is 1.84 bits per heavy atom. The Bertz CT molecular complexity index is 546. The molecule has 2 saturated heterocycles. The van der Waals surface area contributed by atoms with Crippen LogP contribution in [-0.4, -0.2) is 52.3 Å². The van der Waals surface area contributed by atoms with Crippen LogP contribution < -0.4 is 25.0 Å². The Kier molecular flexibility index (Phi) is 8.62. The van der Waals surface area contributed by atoms with Crippen molar-refractivity contribution in [3.8, 4) is 11.5 Å². The minimum atomic E-state index is 0. The zero-order valence-corrected chi connectivity index (χ0v) is 16.3. The van der Waals surface area contributed by atoms with Gasteiger partial charge in [-0.15, -0.1) is 24.8 Å². The quantitative estimate of drug-likeness (QED) is 0.801. The first kappa shape index (κ1) is 21.7. The highest BCUT2D eigenvalue weighted by Crippen LogP contribution is 2.30. The standard InChI is InChI=1S/C17H25N3O3.2ClH/c1-22-15-7-14(8-16(9-15)23-2)20-6-4-13(11-20)19-17(21)12-3-5-18-10-12;;/h7-9,12-13,18H,3-6,10-11H2,1-2H3,(H,19,21);2*1H. The zero-order valence-electron chi connectivity index (χ0n) is 14.6. The lowest BCUT2D eigenvalue weighted by atomic mass is 10.1. The average Bonchev–Trinajstić information content (AvgIpc) is 3.26. The van der Waals surface area contributed by atoms with Crippen LogP contribution in [0.1, 0.15) is 12.8 Å². The largest absolute Gasteiger partial charge is 0.497 e. The Morgan fingerprint density at radius 1 is 1.16 bits per heavy atom. The van der Waals surface area contributed by atoms with Gasteiger partial charge in [0, 0.05) is 49.6 Å². The first-order chi connectivity index (χ1) is 11.2.